The Morgan fingerprint density at radius 2 is 2.04 bits per heavy atom. The Kier molecular flexibility index (Phi) is 6.26. The number of benzene rings is 2. The van der Waals surface area contributed by atoms with E-state index >= 15 is 0 Å². The Morgan fingerprint density at radius 3 is 2.81 bits per heavy atom. The standard InChI is InChI=1S/C18H16Cl2N4O2S/c1-11(17(25)22-15-8-4-7-14(19)16(15)20)27-18-23-21-10-24(18)12-5-3-6-13(9-12)26-2/h3-11H,1-2H3,(H,22,25)/t11-/m0/s1. The molecule has 1 heterocycles. The number of rotatable bonds is 6. The molecule has 3 aromatic rings. The van der Waals surface area contributed by atoms with Gasteiger partial charge in [0.25, 0.3) is 0 Å². The van der Waals surface area contributed by atoms with Crippen molar-refractivity contribution >= 4 is 46.6 Å². The number of hydrogen-bond acceptors (Lipinski definition) is 5. The van der Waals surface area contributed by atoms with E-state index in [1.807, 2.05) is 24.3 Å². The molecule has 1 N–H and O–H groups in total. The van der Waals surface area contributed by atoms with Crippen LogP contribution in [0.2, 0.25) is 10.0 Å². The lowest BCUT2D eigenvalue weighted by Gasteiger charge is -2.14. The first-order chi connectivity index (χ1) is 13.0. The van der Waals surface area contributed by atoms with E-state index in [4.69, 9.17) is 27.9 Å². The van der Waals surface area contributed by atoms with Crippen molar-refractivity contribution in [3.63, 3.8) is 0 Å². The van der Waals surface area contributed by atoms with Crippen molar-refractivity contribution in [3.05, 3.63) is 58.8 Å². The number of halogens is 2. The van der Waals surface area contributed by atoms with E-state index in [2.05, 4.69) is 15.5 Å². The van der Waals surface area contributed by atoms with E-state index in [1.54, 1.807) is 43.1 Å². The fourth-order valence-corrected chi connectivity index (χ4v) is 3.48. The molecule has 0 aliphatic rings. The zero-order chi connectivity index (χ0) is 19.4. The number of ether oxygens (including phenoxy) is 1. The van der Waals surface area contributed by atoms with E-state index in [9.17, 15) is 4.79 Å². The lowest BCUT2D eigenvalue weighted by atomic mass is 10.3. The Morgan fingerprint density at radius 1 is 1.26 bits per heavy atom. The fourth-order valence-electron chi connectivity index (χ4n) is 2.29. The quantitative estimate of drug-likeness (QED) is 0.582. The summed E-state index contributed by atoms with van der Waals surface area (Å²) in [7, 11) is 1.61. The first-order valence-electron chi connectivity index (χ1n) is 7.95. The number of thioether (sulfide) groups is 1. The molecule has 0 spiro atoms. The van der Waals surface area contributed by atoms with Crippen molar-refractivity contribution < 1.29 is 9.53 Å². The molecule has 1 aromatic heterocycles. The summed E-state index contributed by atoms with van der Waals surface area (Å²) in [5, 5.41) is 11.7. The summed E-state index contributed by atoms with van der Waals surface area (Å²) >= 11 is 13.4. The molecule has 3 rings (SSSR count). The molecule has 2 aromatic carbocycles. The third-order valence-electron chi connectivity index (χ3n) is 3.71. The molecule has 0 radical (unpaired) electrons. The van der Waals surface area contributed by atoms with Gasteiger partial charge in [0.15, 0.2) is 5.16 Å². The number of methoxy groups -OCH3 is 1. The predicted molar refractivity (Wildman–Crippen MR) is 108 cm³/mol. The third kappa shape index (κ3) is 4.55. The largest absolute Gasteiger partial charge is 0.497 e. The number of amides is 1. The van der Waals surface area contributed by atoms with Gasteiger partial charge in [0.2, 0.25) is 5.91 Å². The van der Waals surface area contributed by atoms with Crippen LogP contribution in [-0.2, 0) is 4.79 Å². The van der Waals surface area contributed by atoms with Crippen LogP contribution in [0.5, 0.6) is 5.75 Å². The van der Waals surface area contributed by atoms with Gasteiger partial charge in [-0.3, -0.25) is 9.36 Å². The van der Waals surface area contributed by atoms with Gasteiger partial charge in [-0.05, 0) is 31.2 Å². The molecule has 1 atom stereocenters. The van der Waals surface area contributed by atoms with Gasteiger partial charge in [0, 0.05) is 6.07 Å². The van der Waals surface area contributed by atoms with Crippen LogP contribution in [0.15, 0.2) is 53.9 Å². The normalized spacial score (nSPS) is 11.9. The van der Waals surface area contributed by atoms with Crippen LogP contribution in [-0.4, -0.2) is 33.0 Å². The second-order valence-corrected chi connectivity index (χ2v) is 7.63. The Balaban J connectivity index is 1.75. The molecule has 6 nitrogen and oxygen atoms in total. The number of hydrogen-bond donors (Lipinski definition) is 1. The van der Waals surface area contributed by atoms with Crippen LogP contribution in [0.4, 0.5) is 5.69 Å². The van der Waals surface area contributed by atoms with Crippen LogP contribution >= 0.6 is 35.0 Å². The number of nitrogens with one attached hydrogen (secondary N) is 1. The molecule has 0 fully saturated rings. The average molecular weight is 423 g/mol. The minimum Gasteiger partial charge on any atom is -0.497 e. The number of carbonyl (C=O) groups is 1. The van der Waals surface area contributed by atoms with E-state index in [0.29, 0.717) is 20.9 Å². The number of nitrogens with zero attached hydrogens (tertiary/aromatic N) is 3. The molecule has 27 heavy (non-hydrogen) atoms. The van der Waals surface area contributed by atoms with E-state index in [1.165, 1.54) is 11.8 Å². The molecular formula is C18H16Cl2N4O2S. The van der Waals surface area contributed by atoms with Gasteiger partial charge < -0.3 is 10.1 Å². The Hall–Kier alpha value is -2.22. The van der Waals surface area contributed by atoms with Crippen LogP contribution in [0, 0.1) is 0 Å². The molecule has 0 unspecified atom stereocenters. The highest BCUT2D eigenvalue weighted by Crippen LogP contribution is 2.31. The summed E-state index contributed by atoms with van der Waals surface area (Å²) < 4.78 is 7.05. The van der Waals surface area contributed by atoms with Gasteiger partial charge in [-0.1, -0.05) is 47.1 Å². The van der Waals surface area contributed by atoms with Gasteiger partial charge in [0.05, 0.1) is 33.8 Å². The minimum atomic E-state index is -0.436. The molecule has 0 saturated heterocycles. The predicted octanol–water partition coefficient (Wildman–Crippen LogP) is 4.70. The van der Waals surface area contributed by atoms with Crippen molar-refractivity contribution in [3.8, 4) is 11.4 Å². The molecule has 9 heteroatoms. The van der Waals surface area contributed by atoms with Crippen molar-refractivity contribution in [2.75, 3.05) is 12.4 Å². The van der Waals surface area contributed by atoms with Crippen molar-refractivity contribution in [1.29, 1.82) is 0 Å². The van der Waals surface area contributed by atoms with Crippen molar-refractivity contribution in [2.45, 2.75) is 17.3 Å². The highest BCUT2D eigenvalue weighted by atomic mass is 35.5. The summed E-state index contributed by atoms with van der Waals surface area (Å²) in [6.45, 7) is 1.78. The maximum atomic E-state index is 12.5. The molecule has 140 valence electrons. The maximum Gasteiger partial charge on any atom is 0.237 e. The summed E-state index contributed by atoms with van der Waals surface area (Å²) in [4.78, 5) is 12.5. The minimum absolute atomic E-state index is 0.218. The molecular weight excluding hydrogens is 407 g/mol. The monoisotopic (exact) mass is 422 g/mol. The van der Waals surface area contributed by atoms with E-state index in [0.717, 1.165) is 11.4 Å². The second kappa shape index (κ2) is 8.65. The molecule has 0 bridgehead atoms. The maximum absolute atomic E-state index is 12.5. The highest BCUT2D eigenvalue weighted by Gasteiger charge is 2.20. The van der Waals surface area contributed by atoms with Crippen LogP contribution in [0.3, 0.4) is 0 Å². The highest BCUT2D eigenvalue weighted by molar-refractivity contribution is 8.00. The number of carbonyl (C=O) groups excluding carboxylic acids is 1. The molecule has 0 aliphatic carbocycles. The van der Waals surface area contributed by atoms with Gasteiger partial charge in [-0.25, -0.2) is 0 Å². The van der Waals surface area contributed by atoms with Crippen LogP contribution < -0.4 is 10.1 Å². The smallest absolute Gasteiger partial charge is 0.237 e. The van der Waals surface area contributed by atoms with Gasteiger partial charge in [-0.2, -0.15) is 0 Å². The third-order valence-corrected chi connectivity index (χ3v) is 5.58. The number of anilines is 1. The summed E-state index contributed by atoms with van der Waals surface area (Å²) in [5.74, 6) is 0.503. The average Bonchev–Trinajstić information content (AvgIpc) is 3.13. The van der Waals surface area contributed by atoms with E-state index in [-0.39, 0.29) is 5.91 Å². The zero-order valence-corrected chi connectivity index (χ0v) is 16.8. The Labute approximate surface area is 170 Å². The first-order valence-corrected chi connectivity index (χ1v) is 9.59. The van der Waals surface area contributed by atoms with Crippen molar-refractivity contribution in [1.82, 2.24) is 14.8 Å². The van der Waals surface area contributed by atoms with Gasteiger partial charge >= 0.3 is 0 Å². The van der Waals surface area contributed by atoms with Crippen molar-refractivity contribution in [2.24, 2.45) is 0 Å². The van der Waals surface area contributed by atoms with Gasteiger partial charge in [0.1, 0.15) is 12.1 Å². The lowest BCUT2D eigenvalue weighted by molar-refractivity contribution is -0.115. The zero-order valence-electron chi connectivity index (χ0n) is 14.5. The van der Waals surface area contributed by atoms with Crippen LogP contribution in [0.25, 0.3) is 5.69 Å². The SMILES string of the molecule is COc1cccc(-n2cnnc2S[C@@H](C)C(=O)Nc2cccc(Cl)c2Cl)c1. The molecule has 0 aliphatic heterocycles. The Bertz CT molecular complexity index is 964. The second-order valence-electron chi connectivity index (χ2n) is 5.54. The van der Waals surface area contributed by atoms with Gasteiger partial charge in [-0.15, -0.1) is 10.2 Å². The van der Waals surface area contributed by atoms with Crippen LogP contribution in [0.1, 0.15) is 6.92 Å². The topological polar surface area (TPSA) is 69.0 Å². The number of aromatic nitrogens is 3. The van der Waals surface area contributed by atoms with E-state index < -0.39 is 5.25 Å². The lowest BCUT2D eigenvalue weighted by Crippen LogP contribution is -2.23. The summed E-state index contributed by atoms with van der Waals surface area (Å²) in [5.41, 5.74) is 1.31. The first kappa shape index (κ1) is 19.5. The fraction of sp³-hybridized carbons (Fsp3) is 0.167. The summed E-state index contributed by atoms with van der Waals surface area (Å²) in [6.07, 6.45) is 1.59. The summed E-state index contributed by atoms with van der Waals surface area (Å²) in [6, 6.07) is 12.6. The molecule has 1 amide bonds. The molecule has 0 saturated carbocycles.